The zero-order valence-corrected chi connectivity index (χ0v) is 17.5. The summed E-state index contributed by atoms with van der Waals surface area (Å²) in [6.45, 7) is 4.65. The van der Waals surface area contributed by atoms with Crippen LogP contribution in [-0.2, 0) is 6.54 Å². The Hall–Kier alpha value is -1.81. The van der Waals surface area contributed by atoms with Crippen LogP contribution in [0.15, 0.2) is 70.5 Å². The summed E-state index contributed by atoms with van der Waals surface area (Å²) in [6, 6.07) is 19.6. The Balaban J connectivity index is 1.81. The fraction of sp³-hybridized carbons (Fsp3) is 0.182. The van der Waals surface area contributed by atoms with Gasteiger partial charge in [0, 0.05) is 31.9 Å². The lowest BCUT2D eigenvalue weighted by Gasteiger charge is -2.16. The van der Waals surface area contributed by atoms with Crippen LogP contribution in [0.4, 0.5) is 5.69 Å². The van der Waals surface area contributed by atoms with Crippen LogP contribution in [0.1, 0.15) is 30.9 Å². The number of phenols is 1. The monoisotopic (exact) mass is 417 g/mol. The van der Waals surface area contributed by atoms with Gasteiger partial charge in [0.2, 0.25) is 0 Å². The molecule has 3 rings (SSSR count). The fourth-order valence-electron chi connectivity index (χ4n) is 2.79. The van der Waals surface area contributed by atoms with Crippen molar-refractivity contribution in [3.05, 3.63) is 81.8 Å². The second kappa shape index (κ2) is 8.92. The Morgan fingerprint density at radius 2 is 1.74 bits per heavy atom. The molecule has 0 bridgehead atoms. The van der Waals surface area contributed by atoms with Crippen LogP contribution >= 0.6 is 35.0 Å². The molecular formula is C22H21Cl2NOS. The van der Waals surface area contributed by atoms with Gasteiger partial charge >= 0.3 is 0 Å². The molecule has 0 aliphatic rings. The van der Waals surface area contributed by atoms with E-state index >= 15 is 0 Å². The summed E-state index contributed by atoms with van der Waals surface area (Å²) in [5.41, 5.74) is 2.62. The average molecular weight is 418 g/mol. The lowest BCUT2D eigenvalue weighted by Crippen LogP contribution is -2.02. The van der Waals surface area contributed by atoms with Crippen LogP contribution < -0.4 is 5.32 Å². The first-order valence-electron chi connectivity index (χ1n) is 8.71. The van der Waals surface area contributed by atoms with Crippen molar-refractivity contribution in [2.75, 3.05) is 5.32 Å². The number of rotatable bonds is 6. The average Bonchev–Trinajstić information content (AvgIpc) is 2.63. The maximum absolute atomic E-state index is 10.6. The van der Waals surface area contributed by atoms with Gasteiger partial charge in [0.05, 0.1) is 5.69 Å². The number of phenolic OH excluding ortho intramolecular Hbond substituents is 1. The van der Waals surface area contributed by atoms with Crippen molar-refractivity contribution < 1.29 is 5.11 Å². The van der Waals surface area contributed by atoms with Crippen molar-refractivity contribution >= 4 is 40.7 Å². The quantitative estimate of drug-likeness (QED) is 0.405. The number of benzene rings is 3. The Kier molecular flexibility index (Phi) is 6.59. The molecule has 27 heavy (non-hydrogen) atoms. The van der Waals surface area contributed by atoms with E-state index in [0.29, 0.717) is 17.3 Å². The number of hydrogen-bond donors (Lipinski definition) is 2. The first kappa shape index (κ1) is 19.9. The standard InChI is InChI=1S/C22H21Cl2NOS/c1-14(2)19-11-17(24)12-20(22(19)26)25-13-15-6-3-4-9-21(15)27-18-8-5-7-16(23)10-18/h3-12,14,25-26H,13H2,1-2H3. The molecule has 0 saturated heterocycles. The van der Waals surface area contributed by atoms with E-state index in [-0.39, 0.29) is 11.7 Å². The molecular weight excluding hydrogens is 397 g/mol. The van der Waals surface area contributed by atoms with Crippen molar-refractivity contribution in [2.45, 2.75) is 36.1 Å². The van der Waals surface area contributed by atoms with Crippen molar-refractivity contribution in [1.82, 2.24) is 0 Å². The summed E-state index contributed by atoms with van der Waals surface area (Å²) in [5, 5.41) is 15.2. The van der Waals surface area contributed by atoms with Gasteiger partial charge in [-0.2, -0.15) is 0 Å². The van der Waals surface area contributed by atoms with E-state index in [0.717, 1.165) is 25.9 Å². The molecule has 0 radical (unpaired) electrons. The van der Waals surface area contributed by atoms with Gasteiger partial charge in [-0.1, -0.05) is 73.1 Å². The topological polar surface area (TPSA) is 32.3 Å². The summed E-state index contributed by atoms with van der Waals surface area (Å²) in [7, 11) is 0. The lowest BCUT2D eigenvalue weighted by molar-refractivity contribution is 0.467. The number of hydrogen-bond acceptors (Lipinski definition) is 3. The minimum atomic E-state index is 0.190. The molecule has 0 fully saturated rings. The number of nitrogens with one attached hydrogen (secondary N) is 1. The molecule has 2 nitrogen and oxygen atoms in total. The number of anilines is 1. The largest absolute Gasteiger partial charge is 0.505 e. The SMILES string of the molecule is CC(C)c1cc(Cl)cc(NCc2ccccc2Sc2cccc(Cl)c2)c1O. The zero-order valence-electron chi connectivity index (χ0n) is 15.2. The highest BCUT2D eigenvalue weighted by Gasteiger charge is 2.13. The van der Waals surface area contributed by atoms with Crippen molar-refractivity contribution in [2.24, 2.45) is 0 Å². The Labute approximate surface area is 174 Å². The van der Waals surface area contributed by atoms with Crippen LogP contribution in [0.3, 0.4) is 0 Å². The summed E-state index contributed by atoms with van der Waals surface area (Å²) < 4.78 is 0. The summed E-state index contributed by atoms with van der Waals surface area (Å²) in [5.74, 6) is 0.448. The second-order valence-electron chi connectivity index (χ2n) is 6.57. The van der Waals surface area contributed by atoms with Gasteiger partial charge in [0.15, 0.2) is 0 Å². The highest BCUT2D eigenvalue weighted by molar-refractivity contribution is 7.99. The molecule has 140 valence electrons. The third kappa shape index (κ3) is 5.13. The molecule has 0 aliphatic carbocycles. The third-order valence-electron chi connectivity index (χ3n) is 4.19. The number of aromatic hydroxyl groups is 1. The molecule has 3 aromatic rings. The third-order valence-corrected chi connectivity index (χ3v) is 5.75. The zero-order chi connectivity index (χ0) is 19.4. The summed E-state index contributed by atoms with van der Waals surface area (Å²) >= 11 is 14.0. The second-order valence-corrected chi connectivity index (χ2v) is 8.55. The van der Waals surface area contributed by atoms with Gasteiger partial charge in [-0.15, -0.1) is 0 Å². The van der Waals surface area contributed by atoms with E-state index in [4.69, 9.17) is 23.2 Å². The molecule has 0 saturated carbocycles. The normalized spacial score (nSPS) is 11.0. The summed E-state index contributed by atoms with van der Waals surface area (Å²) in [6.07, 6.45) is 0. The smallest absolute Gasteiger partial charge is 0.142 e. The lowest BCUT2D eigenvalue weighted by atomic mass is 10.0. The molecule has 0 heterocycles. The first-order valence-corrected chi connectivity index (χ1v) is 10.3. The molecule has 0 unspecified atom stereocenters. The van der Waals surface area contributed by atoms with E-state index in [1.165, 1.54) is 0 Å². The maximum atomic E-state index is 10.6. The van der Waals surface area contributed by atoms with Crippen molar-refractivity contribution in [3.8, 4) is 5.75 Å². The number of halogens is 2. The van der Waals surface area contributed by atoms with Gasteiger partial charge in [0.1, 0.15) is 5.75 Å². The minimum absolute atomic E-state index is 0.190. The van der Waals surface area contributed by atoms with Crippen LogP contribution in [0.5, 0.6) is 5.75 Å². The minimum Gasteiger partial charge on any atom is -0.505 e. The summed E-state index contributed by atoms with van der Waals surface area (Å²) in [4.78, 5) is 2.22. The Morgan fingerprint density at radius 1 is 0.963 bits per heavy atom. The van der Waals surface area contributed by atoms with Gasteiger partial charge in [-0.05, 0) is 47.9 Å². The van der Waals surface area contributed by atoms with Gasteiger partial charge in [0.25, 0.3) is 0 Å². The van der Waals surface area contributed by atoms with E-state index in [2.05, 4.69) is 17.4 Å². The fourth-order valence-corrected chi connectivity index (χ4v) is 4.28. The molecule has 2 N–H and O–H groups in total. The van der Waals surface area contributed by atoms with Gasteiger partial charge in [-0.3, -0.25) is 0 Å². The molecule has 0 spiro atoms. The molecule has 5 heteroatoms. The highest BCUT2D eigenvalue weighted by atomic mass is 35.5. The molecule has 0 aromatic heterocycles. The van der Waals surface area contributed by atoms with Crippen LogP contribution in [0, 0.1) is 0 Å². The van der Waals surface area contributed by atoms with E-state index in [1.807, 2.05) is 56.3 Å². The predicted octanol–water partition coefficient (Wildman–Crippen LogP) is 7.59. The van der Waals surface area contributed by atoms with Crippen LogP contribution in [0.2, 0.25) is 10.0 Å². The first-order chi connectivity index (χ1) is 12.9. The maximum Gasteiger partial charge on any atom is 0.142 e. The van der Waals surface area contributed by atoms with Crippen LogP contribution in [-0.4, -0.2) is 5.11 Å². The van der Waals surface area contributed by atoms with E-state index in [1.54, 1.807) is 17.8 Å². The Morgan fingerprint density at radius 3 is 2.48 bits per heavy atom. The van der Waals surface area contributed by atoms with Gasteiger partial charge in [-0.25, -0.2) is 0 Å². The molecule has 0 atom stereocenters. The van der Waals surface area contributed by atoms with Crippen molar-refractivity contribution in [3.63, 3.8) is 0 Å². The van der Waals surface area contributed by atoms with E-state index < -0.39 is 0 Å². The highest BCUT2D eigenvalue weighted by Crippen LogP contribution is 2.37. The predicted molar refractivity (Wildman–Crippen MR) is 117 cm³/mol. The van der Waals surface area contributed by atoms with E-state index in [9.17, 15) is 5.11 Å². The molecule has 0 amide bonds. The molecule has 0 aliphatic heterocycles. The Bertz CT molecular complexity index is 943. The van der Waals surface area contributed by atoms with Crippen molar-refractivity contribution in [1.29, 1.82) is 0 Å². The van der Waals surface area contributed by atoms with Gasteiger partial charge < -0.3 is 10.4 Å². The molecule has 3 aromatic carbocycles. The van der Waals surface area contributed by atoms with Crippen LogP contribution in [0.25, 0.3) is 0 Å².